The fourth-order valence-corrected chi connectivity index (χ4v) is 4.62. The van der Waals surface area contributed by atoms with Crippen LogP contribution in [0, 0.1) is 5.92 Å². The summed E-state index contributed by atoms with van der Waals surface area (Å²) in [5.41, 5.74) is 1.52. The van der Waals surface area contributed by atoms with Crippen LogP contribution in [0.4, 0.5) is 5.82 Å². The van der Waals surface area contributed by atoms with Crippen LogP contribution in [0.15, 0.2) is 14.6 Å². The molecule has 0 amide bonds. The Kier molecular flexibility index (Phi) is 6.15. The van der Waals surface area contributed by atoms with Crippen LogP contribution in [-0.4, -0.2) is 14.8 Å². The average molecular weight is 360 g/mol. The molecule has 144 valence electrons. The van der Waals surface area contributed by atoms with Gasteiger partial charge in [0.15, 0.2) is 0 Å². The highest BCUT2D eigenvalue weighted by Gasteiger charge is 2.34. The van der Waals surface area contributed by atoms with Crippen LogP contribution in [0.1, 0.15) is 89.0 Å². The van der Waals surface area contributed by atoms with Crippen LogP contribution in [0.2, 0.25) is 0 Å². The van der Waals surface area contributed by atoms with E-state index in [1.54, 1.807) is 18.7 Å². The van der Waals surface area contributed by atoms with E-state index in [9.17, 15) is 9.59 Å². The minimum atomic E-state index is -0.278. The second-order valence-electron chi connectivity index (χ2n) is 8.16. The van der Waals surface area contributed by atoms with E-state index in [1.165, 1.54) is 55.2 Å². The number of aliphatic imine (C=N–C) groups is 1. The molecule has 0 N–H and O–H groups in total. The van der Waals surface area contributed by atoms with Gasteiger partial charge in [0.05, 0.1) is 5.56 Å². The van der Waals surface area contributed by atoms with Crippen molar-refractivity contribution in [3.63, 3.8) is 0 Å². The number of hydrogen-bond donors (Lipinski definition) is 0. The molecule has 5 heteroatoms. The Balaban J connectivity index is 2.03. The van der Waals surface area contributed by atoms with Gasteiger partial charge in [-0.15, -0.1) is 0 Å². The lowest BCUT2D eigenvalue weighted by Crippen LogP contribution is -2.42. The molecular weight excluding hydrogens is 326 g/mol. The zero-order chi connectivity index (χ0) is 18.7. The average Bonchev–Trinajstić information content (AvgIpc) is 2.63. The third kappa shape index (κ3) is 3.72. The Morgan fingerprint density at radius 3 is 2.08 bits per heavy atom. The molecule has 3 rings (SSSR count). The van der Waals surface area contributed by atoms with E-state index >= 15 is 0 Å². The molecule has 1 fully saturated rings. The van der Waals surface area contributed by atoms with E-state index in [1.807, 2.05) is 0 Å². The van der Waals surface area contributed by atoms with Gasteiger partial charge in [0.25, 0.3) is 5.56 Å². The monoisotopic (exact) mass is 359 g/mol. The number of aromatic nitrogens is 2. The maximum Gasteiger partial charge on any atom is 0.332 e. The summed E-state index contributed by atoms with van der Waals surface area (Å²) in [5, 5.41) is 0. The van der Waals surface area contributed by atoms with Crippen molar-refractivity contribution in [3.8, 4) is 0 Å². The zero-order valence-electron chi connectivity index (χ0n) is 16.6. The maximum absolute atomic E-state index is 12.9. The van der Waals surface area contributed by atoms with Gasteiger partial charge in [-0.2, -0.15) is 0 Å². The summed E-state index contributed by atoms with van der Waals surface area (Å²) in [5.74, 6) is 1.09. The van der Waals surface area contributed by atoms with Gasteiger partial charge >= 0.3 is 5.69 Å². The van der Waals surface area contributed by atoms with Crippen molar-refractivity contribution in [2.24, 2.45) is 25.0 Å². The molecule has 0 radical (unpaired) electrons. The molecule has 2 bridgehead atoms. The van der Waals surface area contributed by atoms with Crippen LogP contribution < -0.4 is 11.2 Å². The molecular formula is C21H33N3O2. The Morgan fingerprint density at radius 1 is 0.846 bits per heavy atom. The number of fused-ring (bicyclic) bond motifs is 4. The predicted molar refractivity (Wildman–Crippen MR) is 107 cm³/mol. The van der Waals surface area contributed by atoms with Gasteiger partial charge in [0, 0.05) is 31.6 Å². The smallest absolute Gasteiger partial charge is 0.281 e. The zero-order valence-corrected chi connectivity index (χ0v) is 16.6. The van der Waals surface area contributed by atoms with E-state index in [-0.39, 0.29) is 23.1 Å². The standard InChI is InChI=1S/C21H33N3O2/c1-15-16-13-11-9-7-5-4-6-8-10-12-14-17(15)22-19-18(16)20(25)24(3)21(26)23(19)2/h15-16H,4-14H2,1-3H3. The predicted octanol–water partition coefficient (Wildman–Crippen LogP) is 4.19. The second-order valence-corrected chi connectivity index (χ2v) is 8.16. The molecule has 2 atom stereocenters. The Hall–Kier alpha value is -1.65. The summed E-state index contributed by atoms with van der Waals surface area (Å²) in [6.45, 7) is 2.23. The summed E-state index contributed by atoms with van der Waals surface area (Å²) in [6, 6.07) is 0. The van der Waals surface area contributed by atoms with Crippen LogP contribution in [0.25, 0.3) is 0 Å². The summed E-state index contributed by atoms with van der Waals surface area (Å²) >= 11 is 0. The van der Waals surface area contributed by atoms with Crippen molar-refractivity contribution >= 4 is 11.5 Å². The lowest BCUT2D eigenvalue weighted by atomic mass is 9.78. The largest absolute Gasteiger partial charge is 0.332 e. The van der Waals surface area contributed by atoms with Gasteiger partial charge in [0.2, 0.25) is 0 Å². The molecule has 1 aliphatic carbocycles. The Bertz CT molecular complexity index is 788. The summed E-state index contributed by atoms with van der Waals surface area (Å²) < 4.78 is 2.82. The highest BCUT2D eigenvalue weighted by atomic mass is 16.2. The SMILES string of the molecule is CC1C2=Nc3c(c(=O)n(C)c(=O)n3C)C1CCCCCCCCCCC2. The summed E-state index contributed by atoms with van der Waals surface area (Å²) in [6.07, 6.45) is 13.4. The van der Waals surface area contributed by atoms with Crippen molar-refractivity contribution in [1.82, 2.24) is 9.13 Å². The van der Waals surface area contributed by atoms with Gasteiger partial charge in [-0.05, 0) is 19.3 Å². The Morgan fingerprint density at radius 2 is 1.42 bits per heavy atom. The highest BCUT2D eigenvalue weighted by Crippen LogP contribution is 2.39. The topological polar surface area (TPSA) is 56.4 Å². The minimum absolute atomic E-state index is 0.149. The van der Waals surface area contributed by atoms with E-state index in [2.05, 4.69) is 6.92 Å². The normalized spacial score (nSPS) is 25.1. The number of hydrogen-bond acceptors (Lipinski definition) is 3. The van der Waals surface area contributed by atoms with Crippen molar-refractivity contribution < 1.29 is 0 Å². The molecule has 1 aromatic heterocycles. The minimum Gasteiger partial charge on any atom is -0.281 e. The molecule has 0 saturated heterocycles. The molecule has 26 heavy (non-hydrogen) atoms. The molecule has 2 unspecified atom stereocenters. The van der Waals surface area contributed by atoms with Crippen LogP contribution >= 0.6 is 0 Å². The molecule has 0 aromatic carbocycles. The van der Waals surface area contributed by atoms with E-state index < -0.39 is 0 Å². The first-order valence-corrected chi connectivity index (χ1v) is 10.4. The van der Waals surface area contributed by atoms with Gasteiger partial charge in [-0.1, -0.05) is 58.3 Å². The summed E-state index contributed by atoms with van der Waals surface area (Å²) in [4.78, 5) is 30.1. The number of rotatable bonds is 0. The van der Waals surface area contributed by atoms with Crippen LogP contribution in [0.5, 0.6) is 0 Å². The van der Waals surface area contributed by atoms with E-state index in [4.69, 9.17) is 4.99 Å². The first-order chi connectivity index (χ1) is 12.5. The second kappa shape index (κ2) is 8.36. The van der Waals surface area contributed by atoms with Gasteiger partial charge in [0.1, 0.15) is 5.82 Å². The molecule has 2 heterocycles. The first-order valence-electron chi connectivity index (χ1n) is 10.4. The molecule has 5 nitrogen and oxygen atoms in total. The Labute approximate surface area is 156 Å². The fourth-order valence-electron chi connectivity index (χ4n) is 4.62. The quantitative estimate of drug-likeness (QED) is 0.697. The van der Waals surface area contributed by atoms with E-state index in [0.717, 1.165) is 31.2 Å². The van der Waals surface area contributed by atoms with Crippen molar-refractivity contribution in [2.45, 2.75) is 83.5 Å². The molecule has 1 aliphatic heterocycles. The van der Waals surface area contributed by atoms with Gasteiger partial charge < -0.3 is 0 Å². The van der Waals surface area contributed by atoms with Crippen molar-refractivity contribution in [2.75, 3.05) is 0 Å². The number of nitrogens with zero attached hydrogens (tertiary/aromatic N) is 3. The van der Waals surface area contributed by atoms with Crippen molar-refractivity contribution in [3.05, 3.63) is 26.4 Å². The lowest BCUT2D eigenvalue weighted by molar-refractivity contribution is 0.459. The third-order valence-corrected chi connectivity index (χ3v) is 6.37. The molecule has 1 aromatic rings. The molecule has 0 spiro atoms. The molecule has 2 aliphatic rings. The molecule has 1 saturated carbocycles. The van der Waals surface area contributed by atoms with Gasteiger partial charge in [-0.25, -0.2) is 9.79 Å². The lowest BCUT2D eigenvalue weighted by Gasteiger charge is -2.31. The first kappa shape index (κ1) is 19.1. The van der Waals surface area contributed by atoms with Crippen LogP contribution in [-0.2, 0) is 14.1 Å². The summed E-state index contributed by atoms with van der Waals surface area (Å²) in [7, 11) is 3.32. The fraction of sp³-hybridized carbons (Fsp3) is 0.762. The third-order valence-electron chi connectivity index (χ3n) is 6.37. The maximum atomic E-state index is 12.9. The highest BCUT2D eigenvalue weighted by molar-refractivity contribution is 5.91. The van der Waals surface area contributed by atoms with E-state index in [0.29, 0.717) is 5.82 Å². The van der Waals surface area contributed by atoms with Crippen LogP contribution in [0.3, 0.4) is 0 Å². The van der Waals surface area contributed by atoms with Crippen molar-refractivity contribution in [1.29, 1.82) is 0 Å². The van der Waals surface area contributed by atoms with Gasteiger partial charge in [-0.3, -0.25) is 13.9 Å².